The van der Waals surface area contributed by atoms with Gasteiger partial charge in [0.2, 0.25) is 10.0 Å². The number of thiocarbonyl (C=S) groups is 1. The first kappa shape index (κ1) is 27.9. The molecule has 8 nitrogen and oxygen atoms in total. The number of methoxy groups -OCH3 is 1. The van der Waals surface area contributed by atoms with Crippen molar-refractivity contribution in [2.45, 2.75) is 32.9 Å². The molecule has 40 heavy (non-hydrogen) atoms. The van der Waals surface area contributed by atoms with Gasteiger partial charge in [-0.25, -0.2) is 8.42 Å². The summed E-state index contributed by atoms with van der Waals surface area (Å²) in [5.41, 5.74) is 7.13. The van der Waals surface area contributed by atoms with Crippen LogP contribution in [0.4, 0.5) is 11.4 Å². The van der Waals surface area contributed by atoms with Gasteiger partial charge in [-0.05, 0) is 86.6 Å². The van der Waals surface area contributed by atoms with Crippen LogP contribution >= 0.6 is 23.8 Å². The summed E-state index contributed by atoms with van der Waals surface area (Å²) in [4.78, 5) is 6.70. The Kier molecular flexibility index (Phi) is 7.52. The first-order chi connectivity index (χ1) is 19.0. The Hall–Kier alpha value is -3.60. The van der Waals surface area contributed by atoms with E-state index in [0.29, 0.717) is 21.6 Å². The minimum Gasteiger partial charge on any atom is -0.494 e. The number of benzene rings is 2. The Morgan fingerprint density at radius 3 is 2.52 bits per heavy atom. The van der Waals surface area contributed by atoms with Gasteiger partial charge in [0.15, 0.2) is 5.11 Å². The molecule has 2 aromatic carbocycles. The minimum absolute atomic E-state index is 0.247. The number of ether oxygens (including phenoxy) is 1. The molecule has 0 radical (unpaired) electrons. The van der Waals surface area contributed by atoms with Gasteiger partial charge in [-0.3, -0.25) is 9.71 Å². The molecule has 4 aromatic rings. The monoisotopic (exact) mass is 595 g/mol. The Labute approximate surface area is 245 Å². The first-order valence-electron chi connectivity index (χ1n) is 12.6. The fraction of sp³-hybridized carbons (Fsp3) is 0.241. The molecule has 0 aliphatic carbocycles. The lowest BCUT2D eigenvalue weighted by Crippen LogP contribution is -2.29. The quantitative estimate of drug-likeness (QED) is 0.253. The van der Waals surface area contributed by atoms with Crippen LogP contribution in [0.15, 0.2) is 66.9 Å². The van der Waals surface area contributed by atoms with E-state index in [2.05, 4.69) is 45.6 Å². The lowest BCUT2D eigenvalue weighted by Gasteiger charge is -2.29. The molecule has 11 heteroatoms. The summed E-state index contributed by atoms with van der Waals surface area (Å²) in [6, 6.07) is 18.7. The first-order valence-corrected chi connectivity index (χ1v) is 15.3. The number of anilines is 2. The molecule has 0 unspecified atom stereocenters. The van der Waals surface area contributed by atoms with E-state index >= 15 is 0 Å². The third-order valence-electron chi connectivity index (χ3n) is 7.13. The third kappa shape index (κ3) is 5.14. The molecule has 2 N–H and O–H groups in total. The van der Waals surface area contributed by atoms with Crippen molar-refractivity contribution in [3.63, 3.8) is 0 Å². The molecular weight excluding hydrogens is 566 g/mol. The molecule has 0 spiro atoms. The molecule has 3 heterocycles. The second kappa shape index (κ2) is 10.8. The van der Waals surface area contributed by atoms with Gasteiger partial charge in [-0.1, -0.05) is 23.7 Å². The maximum Gasteiger partial charge on any atom is 0.229 e. The summed E-state index contributed by atoms with van der Waals surface area (Å²) >= 11 is 12.4. The van der Waals surface area contributed by atoms with Crippen LogP contribution in [-0.4, -0.2) is 36.4 Å². The van der Waals surface area contributed by atoms with Gasteiger partial charge in [0.05, 0.1) is 36.8 Å². The number of hydrogen-bond acceptors (Lipinski definition) is 5. The molecule has 0 saturated carbocycles. The fourth-order valence-electron chi connectivity index (χ4n) is 5.36. The van der Waals surface area contributed by atoms with Crippen molar-refractivity contribution >= 4 is 50.3 Å². The molecule has 208 valence electrons. The maximum atomic E-state index is 11.9. The predicted octanol–water partition coefficient (Wildman–Crippen LogP) is 6.01. The van der Waals surface area contributed by atoms with Gasteiger partial charge in [0.1, 0.15) is 5.75 Å². The van der Waals surface area contributed by atoms with Gasteiger partial charge < -0.3 is 19.5 Å². The summed E-state index contributed by atoms with van der Waals surface area (Å²) in [5.74, 6) is 0.380. The second-order valence-corrected chi connectivity index (χ2v) is 12.3. The standard InChI is InChI=1S/C29H30ClN5O3S2/c1-17-15-21(19(3)34(17)25-11-8-9-22(30)18(25)2)28-27(24-10-6-7-14-31-24)32-29(39)35(28)20-12-13-23(26(16-20)38-4)33-40(5,36)37/h6-16,27-28,33H,1-5H3,(H,32,39)/t27-,28-/m1/s1. The summed E-state index contributed by atoms with van der Waals surface area (Å²) in [6.07, 6.45) is 2.87. The van der Waals surface area contributed by atoms with E-state index in [9.17, 15) is 8.42 Å². The molecule has 5 rings (SSSR count). The number of aryl methyl sites for hydroxylation is 1. The average Bonchev–Trinajstić information content (AvgIpc) is 3.40. The van der Waals surface area contributed by atoms with Gasteiger partial charge in [0.25, 0.3) is 0 Å². The third-order valence-corrected chi connectivity index (χ3v) is 8.44. The highest BCUT2D eigenvalue weighted by Gasteiger charge is 2.42. The molecule has 0 amide bonds. The van der Waals surface area contributed by atoms with E-state index in [0.717, 1.165) is 45.8 Å². The Morgan fingerprint density at radius 2 is 1.85 bits per heavy atom. The lowest BCUT2D eigenvalue weighted by atomic mass is 9.96. The van der Waals surface area contributed by atoms with Crippen LogP contribution in [0.5, 0.6) is 5.75 Å². The highest BCUT2D eigenvalue weighted by Crippen LogP contribution is 2.45. The highest BCUT2D eigenvalue weighted by atomic mass is 35.5. The van der Waals surface area contributed by atoms with E-state index in [-0.39, 0.29) is 12.1 Å². The van der Waals surface area contributed by atoms with Crippen LogP contribution in [0.25, 0.3) is 5.69 Å². The number of nitrogens with zero attached hydrogens (tertiary/aromatic N) is 3. The summed E-state index contributed by atoms with van der Waals surface area (Å²) in [6.45, 7) is 6.19. The maximum absolute atomic E-state index is 11.9. The molecule has 2 atom stereocenters. The number of nitrogens with one attached hydrogen (secondary N) is 2. The van der Waals surface area contributed by atoms with Crippen molar-refractivity contribution in [1.29, 1.82) is 0 Å². The highest BCUT2D eigenvalue weighted by molar-refractivity contribution is 7.92. The number of hydrogen-bond donors (Lipinski definition) is 2. The van der Waals surface area contributed by atoms with Gasteiger partial charge in [-0.15, -0.1) is 0 Å². The molecule has 1 fully saturated rings. The van der Waals surface area contributed by atoms with E-state index in [1.807, 2.05) is 48.2 Å². The minimum atomic E-state index is -3.49. The van der Waals surface area contributed by atoms with Crippen molar-refractivity contribution in [3.8, 4) is 11.4 Å². The molecule has 1 aliphatic heterocycles. The predicted molar refractivity (Wildman–Crippen MR) is 164 cm³/mol. The number of sulfonamides is 1. The number of rotatable bonds is 7. The zero-order chi connectivity index (χ0) is 28.8. The summed E-state index contributed by atoms with van der Waals surface area (Å²) < 4.78 is 34.1. The molecular formula is C29H30ClN5O3S2. The molecule has 1 saturated heterocycles. The van der Waals surface area contributed by atoms with Crippen LogP contribution in [0.1, 0.15) is 40.3 Å². The number of halogens is 1. The van der Waals surface area contributed by atoms with Gasteiger partial charge in [-0.2, -0.15) is 0 Å². The van der Waals surface area contributed by atoms with Crippen molar-refractivity contribution in [2.75, 3.05) is 23.0 Å². The zero-order valence-electron chi connectivity index (χ0n) is 22.8. The fourth-order valence-corrected chi connectivity index (χ4v) is 6.44. The zero-order valence-corrected chi connectivity index (χ0v) is 25.2. The Morgan fingerprint density at radius 1 is 1.07 bits per heavy atom. The molecule has 0 bridgehead atoms. The normalized spacial score (nSPS) is 17.1. The topological polar surface area (TPSA) is 88.5 Å². The van der Waals surface area contributed by atoms with Crippen molar-refractivity contribution in [2.24, 2.45) is 0 Å². The number of pyridine rings is 1. The van der Waals surface area contributed by atoms with E-state index in [1.54, 1.807) is 18.3 Å². The van der Waals surface area contributed by atoms with Crippen molar-refractivity contribution in [1.82, 2.24) is 14.9 Å². The Balaban J connectivity index is 1.68. The van der Waals surface area contributed by atoms with Crippen LogP contribution in [-0.2, 0) is 10.0 Å². The van der Waals surface area contributed by atoms with Crippen LogP contribution in [0.3, 0.4) is 0 Å². The lowest BCUT2D eigenvalue weighted by molar-refractivity contribution is 0.417. The van der Waals surface area contributed by atoms with E-state index in [4.69, 9.17) is 28.6 Å². The van der Waals surface area contributed by atoms with Crippen molar-refractivity contribution in [3.05, 3.63) is 100 Å². The van der Waals surface area contributed by atoms with Gasteiger partial charge >= 0.3 is 0 Å². The number of aromatic nitrogens is 2. The SMILES string of the molecule is COc1cc(N2C(=S)N[C@H](c3ccccn3)[C@H]2c2cc(C)n(-c3cccc(Cl)c3C)c2C)ccc1NS(C)(=O)=O. The Bertz CT molecular complexity index is 1710. The molecule has 2 aromatic heterocycles. The van der Waals surface area contributed by atoms with Crippen molar-refractivity contribution < 1.29 is 13.2 Å². The van der Waals surface area contributed by atoms with E-state index in [1.165, 1.54) is 7.11 Å². The van der Waals surface area contributed by atoms with Gasteiger partial charge in [0, 0.05) is 40.0 Å². The van der Waals surface area contributed by atoms with Crippen LogP contribution < -0.4 is 19.7 Å². The van der Waals surface area contributed by atoms with Crippen LogP contribution in [0, 0.1) is 20.8 Å². The average molecular weight is 596 g/mol. The summed E-state index contributed by atoms with van der Waals surface area (Å²) in [7, 11) is -1.99. The molecule has 1 aliphatic rings. The smallest absolute Gasteiger partial charge is 0.229 e. The van der Waals surface area contributed by atoms with Crippen LogP contribution in [0.2, 0.25) is 5.02 Å². The largest absolute Gasteiger partial charge is 0.494 e. The summed E-state index contributed by atoms with van der Waals surface area (Å²) in [5, 5.41) is 4.72. The van der Waals surface area contributed by atoms with E-state index < -0.39 is 10.0 Å². The second-order valence-electron chi connectivity index (χ2n) is 9.80.